The first-order chi connectivity index (χ1) is 8.94. The molecule has 2 heterocycles. The van der Waals surface area contributed by atoms with Gasteiger partial charge in [-0.1, -0.05) is 6.92 Å². The van der Waals surface area contributed by atoms with Crippen molar-refractivity contribution in [1.29, 1.82) is 0 Å². The summed E-state index contributed by atoms with van der Waals surface area (Å²) in [7, 11) is 1.92. The van der Waals surface area contributed by atoms with Gasteiger partial charge < -0.3 is 10.6 Å². The van der Waals surface area contributed by atoms with Crippen molar-refractivity contribution < 1.29 is 4.79 Å². The fourth-order valence-electron chi connectivity index (χ4n) is 2.60. The van der Waals surface area contributed by atoms with E-state index in [9.17, 15) is 4.79 Å². The standard InChI is InChI=1S/C14H24N4O/c1-10(12-9-16-18(4)11(12)2)17-13(19)14(3)5-7-15-8-6-14/h9-10,15H,5-8H2,1-4H3,(H,17,19). The molecule has 5 heteroatoms. The number of nitrogens with zero attached hydrogens (tertiary/aromatic N) is 2. The minimum atomic E-state index is -0.240. The Morgan fingerprint density at radius 1 is 1.53 bits per heavy atom. The van der Waals surface area contributed by atoms with Crippen molar-refractivity contribution in [1.82, 2.24) is 20.4 Å². The molecule has 5 nitrogen and oxygen atoms in total. The molecular weight excluding hydrogens is 240 g/mol. The van der Waals surface area contributed by atoms with Gasteiger partial charge in [0.15, 0.2) is 0 Å². The van der Waals surface area contributed by atoms with E-state index in [2.05, 4.69) is 22.7 Å². The second-order valence-corrected chi connectivity index (χ2v) is 5.81. The SMILES string of the molecule is Cc1c(C(C)NC(=O)C2(C)CCNCC2)cnn1C. The van der Waals surface area contributed by atoms with Crippen LogP contribution in [-0.2, 0) is 11.8 Å². The van der Waals surface area contributed by atoms with Crippen molar-refractivity contribution in [2.75, 3.05) is 13.1 Å². The number of aromatic nitrogens is 2. The van der Waals surface area contributed by atoms with E-state index in [1.807, 2.05) is 31.8 Å². The molecule has 0 aromatic carbocycles. The van der Waals surface area contributed by atoms with Crippen LogP contribution in [0.2, 0.25) is 0 Å². The number of carbonyl (C=O) groups excluding carboxylic acids is 1. The van der Waals surface area contributed by atoms with Gasteiger partial charge in [0, 0.05) is 23.7 Å². The number of hydrogen-bond donors (Lipinski definition) is 2. The third kappa shape index (κ3) is 2.81. The summed E-state index contributed by atoms with van der Waals surface area (Å²) in [5, 5.41) is 10.7. The average molecular weight is 264 g/mol. The van der Waals surface area contributed by atoms with Crippen LogP contribution < -0.4 is 10.6 Å². The lowest BCUT2D eigenvalue weighted by molar-refractivity contribution is -0.132. The van der Waals surface area contributed by atoms with Crippen LogP contribution in [0, 0.1) is 12.3 Å². The van der Waals surface area contributed by atoms with Crippen LogP contribution in [0.5, 0.6) is 0 Å². The highest BCUT2D eigenvalue weighted by molar-refractivity contribution is 5.82. The van der Waals surface area contributed by atoms with Crippen LogP contribution in [0.3, 0.4) is 0 Å². The Labute approximate surface area is 114 Å². The molecule has 0 aliphatic carbocycles. The van der Waals surface area contributed by atoms with Gasteiger partial charge in [0.05, 0.1) is 12.2 Å². The zero-order valence-electron chi connectivity index (χ0n) is 12.3. The summed E-state index contributed by atoms with van der Waals surface area (Å²) in [5.74, 6) is 0.157. The molecule has 1 fully saturated rings. The summed E-state index contributed by atoms with van der Waals surface area (Å²) in [4.78, 5) is 12.5. The number of carbonyl (C=O) groups is 1. The van der Waals surface area contributed by atoms with Crippen LogP contribution in [0.25, 0.3) is 0 Å². The van der Waals surface area contributed by atoms with Crippen LogP contribution >= 0.6 is 0 Å². The average Bonchev–Trinajstić information content (AvgIpc) is 2.71. The molecule has 1 aromatic heterocycles. The van der Waals surface area contributed by atoms with E-state index < -0.39 is 0 Å². The summed E-state index contributed by atoms with van der Waals surface area (Å²) in [6.45, 7) is 7.95. The Kier molecular flexibility index (Phi) is 3.94. The number of hydrogen-bond acceptors (Lipinski definition) is 3. The van der Waals surface area contributed by atoms with Crippen molar-refractivity contribution in [3.05, 3.63) is 17.5 Å². The molecule has 1 aliphatic heterocycles. The van der Waals surface area contributed by atoms with E-state index in [-0.39, 0.29) is 17.4 Å². The highest BCUT2D eigenvalue weighted by Crippen LogP contribution is 2.29. The number of rotatable bonds is 3. The summed E-state index contributed by atoms with van der Waals surface area (Å²) in [5.41, 5.74) is 1.95. The summed E-state index contributed by atoms with van der Waals surface area (Å²) >= 11 is 0. The van der Waals surface area contributed by atoms with Gasteiger partial charge in [0.25, 0.3) is 0 Å². The lowest BCUT2D eigenvalue weighted by Crippen LogP contribution is -2.46. The molecule has 0 radical (unpaired) electrons. The quantitative estimate of drug-likeness (QED) is 0.865. The number of aryl methyl sites for hydroxylation is 1. The lowest BCUT2D eigenvalue weighted by atomic mass is 9.80. The van der Waals surface area contributed by atoms with E-state index in [0.717, 1.165) is 37.2 Å². The van der Waals surface area contributed by atoms with Crippen molar-refractivity contribution in [3.63, 3.8) is 0 Å². The first-order valence-electron chi connectivity index (χ1n) is 6.94. The van der Waals surface area contributed by atoms with Crippen LogP contribution in [0.1, 0.15) is 44.0 Å². The number of nitrogens with one attached hydrogen (secondary N) is 2. The minimum absolute atomic E-state index is 0.00732. The van der Waals surface area contributed by atoms with E-state index in [0.29, 0.717) is 0 Å². The van der Waals surface area contributed by atoms with Crippen molar-refractivity contribution in [3.8, 4) is 0 Å². The normalized spacial score (nSPS) is 20.0. The van der Waals surface area contributed by atoms with E-state index in [1.54, 1.807) is 0 Å². The molecule has 0 bridgehead atoms. The fourth-order valence-corrected chi connectivity index (χ4v) is 2.60. The summed E-state index contributed by atoms with van der Waals surface area (Å²) < 4.78 is 1.84. The van der Waals surface area contributed by atoms with Gasteiger partial charge in [-0.2, -0.15) is 5.10 Å². The maximum atomic E-state index is 12.5. The first-order valence-corrected chi connectivity index (χ1v) is 6.94. The summed E-state index contributed by atoms with van der Waals surface area (Å²) in [6.07, 6.45) is 3.64. The second-order valence-electron chi connectivity index (χ2n) is 5.81. The van der Waals surface area contributed by atoms with Crippen molar-refractivity contribution in [2.24, 2.45) is 12.5 Å². The van der Waals surface area contributed by atoms with Gasteiger partial charge in [-0.25, -0.2) is 0 Å². The second kappa shape index (κ2) is 5.33. The van der Waals surface area contributed by atoms with Crippen molar-refractivity contribution in [2.45, 2.75) is 39.7 Å². The number of amides is 1. The molecule has 1 atom stereocenters. The van der Waals surface area contributed by atoms with Crippen molar-refractivity contribution >= 4 is 5.91 Å². The van der Waals surface area contributed by atoms with Gasteiger partial charge in [0.1, 0.15) is 0 Å². The van der Waals surface area contributed by atoms with Gasteiger partial charge in [-0.05, 0) is 39.8 Å². The third-order valence-corrected chi connectivity index (χ3v) is 4.34. The minimum Gasteiger partial charge on any atom is -0.349 e. The third-order valence-electron chi connectivity index (χ3n) is 4.34. The molecule has 1 amide bonds. The molecular formula is C14H24N4O. The van der Waals surface area contributed by atoms with Crippen LogP contribution in [0.15, 0.2) is 6.20 Å². The smallest absolute Gasteiger partial charge is 0.226 e. The maximum Gasteiger partial charge on any atom is 0.226 e. The Balaban J connectivity index is 2.04. The molecule has 2 N–H and O–H groups in total. The molecule has 1 saturated heterocycles. The molecule has 1 unspecified atom stereocenters. The van der Waals surface area contributed by atoms with E-state index in [1.165, 1.54) is 0 Å². The molecule has 19 heavy (non-hydrogen) atoms. The zero-order valence-corrected chi connectivity index (χ0v) is 12.3. The van der Waals surface area contributed by atoms with E-state index in [4.69, 9.17) is 0 Å². The fraction of sp³-hybridized carbons (Fsp3) is 0.714. The molecule has 2 rings (SSSR count). The predicted molar refractivity (Wildman–Crippen MR) is 74.7 cm³/mol. The zero-order chi connectivity index (χ0) is 14.0. The molecule has 1 aliphatic rings. The topological polar surface area (TPSA) is 59.0 Å². The molecule has 0 spiro atoms. The Bertz CT molecular complexity index is 460. The van der Waals surface area contributed by atoms with Gasteiger partial charge in [-0.3, -0.25) is 9.48 Å². The Morgan fingerprint density at radius 3 is 2.68 bits per heavy atom. The largest absolute Gasteiger partial charge is 0.349 e. The molecule has 1 aromatic rings. The van der Waals surface area contributed by atoms with Crippen LogP contribution in [0.4, 0.5) is 0 Å². The first kappa shape index (κ1) is 14.1. The molecule has 106 valence electrons. The Morgan fingerprint density at radius 2 is 2.16 bits per heavy atom. The Hall–Kier alpha value is -1.36. The van der Waals surface area contributed by atoms with E-state index >= 15 is 0 Å². The highest BCUT2D eigenvalue weighted by atomic mass is 16.2. The van der Waals surface area contributed by atoms with Gasteiger partial charge in [0.2, 0.25) is 5.91 Å². The molecule has 0 saturated carbocycles. The monoisotopic (exact) mass is 264 g/mol. The summed E-state index contributed by atoms with van der Waals surface area (Å²) in [6, 6.07) is 0.00732. The van der Waals surface area contributed by atoms with Crippen LogP contribution in [-0.4, -0.2) is 28.8 Å². The van der Waals surface area contributed by atoms with Gasteiger partial charge >= 0.3 is 0 Å². The maximum absolute atomic E-state index is 12.5. The van der Waals surface area contributed by atoms with Gasteiger partial charge in [-0.15, -0.1) is 0 Å². The number of piperidine rings is 1. The highest BCUT2D eigenvalue weighted by Gasteiger charge is 2.35. The predicted octanol–water partition coefficient (Wildman–Crippen LogP) is 1.30. The lowest BCUT2D eigenvalue weighted by Gasteiger charge is -2.33.